The molecule has 9 heteroatoms. The van der Waals surface area contributed by atoms with E-state index in [2.05, 4.69) is 15.0 Å². The van der Waals surface area contributed by atoms with E-state index >= 15 is 0 Å². The third-order valence-corrected chi connectivity index (χ3v) is 5.79. The van der Waals surface area contributed by atoms with Crippen molar-refractivity contribution in [1.82, 2.24) is 9.29 Å². The van der Waals surface area contributed by atoms with Crippen molar-refractivity contribution in [3.63, 3.8) is 0 Å². The summed E-state index contributed by atoms with van der Waals surface area (Å²) in [5.74, 6) is -0.826. The molecule has 27 heavy (non-hydrogen) atoms. The minimum absolute atomic E-state index is 0.0608. The van der Waals surface area contributed by atoms with E-state index in [0.717, 1.165) is 9.87 Å². The molecule has 1 aromatic carbocycles. The van der Waals surface area contributed by atoms with Crippen LogP contribution in [0.1, 0.15) is 21.5 Å². The molecule has 0 fully saturated rings. The minimum atomic E-state index is -3.99. The first-order valence-corrected chi connectivity index (χ1v) is 9.47. The number of benzene rings is 1. The predicted octanol–water partition coefficient (Wildman–Crippen LogP) is 1.74. The molecule has 2 aromatic rings. The smallest absolute Gasteiger partial charge is 0.337 e. The second-order valence-corrected chi connectivity index (χ2v) is 8.01. The zero-order valence-corrected chi connectivity index (χ0v) is 16.3. The normalized spacial score (nSPS) is 11.3. The van der Waals surface area contributed by atoms with Gasteiger partial charge >= 0.3 is 5.97 Å². The number of esters is 1. The molecule has 1 aromatic heterocycles. The number of aryl methyl sites for hydroxylation is 2. The molecule has 0 bridgehead atoms. The minimum Gasteiger partial charge on any atom is -0.465 e. The molecule has 0 aliphatic carbocycles. The molecule has 0 atom stereocenters. The summed E-state index contributed by atoms with van der Waals surface area (Å²) in [5.41, 5.74) is 1.48. The Morgan fingerprint density at radius 3 is 2.52 bits per heavy atom. The second kappa shape index (κ2) is 8.28. The quantitative estimate of drug-likeness (QED) is 0.752. The lowest BCUT2D eigenvalue weighted by Gasteiger charge is -2.18. The lowest BCUT2D eigenvalue weighted by Crippen LogP contribution is -2.35. The highest BCUT2D eigenvalue weighted by atomic mass is 32.2. The van der Waals surface area contributed by atoms with Crippen LogP contribution in [0, 0.1) is 13.8 Å². The van der Waals surface area contributed by atoms with Crippen molar-refractivity contribution in [2.24, 2.45) is 0 Å². The molecule has 1 amide bonds. The summed E-state index contributed by atoms with van der Waals surface area (Å²) in [4.78, 5) is 27.8. The highest BCUT2D eigenvalue weighted by Crippen LogP contribution is 2.21. The zero-order valence-electron chi connectivity index (χ0n) is 15.5. The third-order valence-electron chi connectivity index (χ3n) is 3.85. The predicted molar refractivity (Wildman–Crippen MR) is 99.9 cm³/mol. The number of carbonyl (C=O) groups excluding carboxylic acids is 2. The van der Waals surface area contributed by atoms with Crippen LogP contribution in [0.25, 0.3) is 0 Å². The van der Waals surface area contributed by atoms with E-state index in [1.807, 2.05) is 6.92 Å². The van der Waals surface area contributed by atoms with Crippen molar-refractivity contribution in [3.05, 3.63) is 53.2 Å². The molecule has 2 rings (SSSR count). The molecule has 0 aliphatic heterocycles. The number of aromatic nitrogens is 1. The highest BCUT2D eigenvalue weighted by molar-refractivity contribution is 7.89. The molecule has 144 valence electrons. The fourth-order valence-corrected chi connectivity index (χ4v) is 3.74. The molecule has 0 saturated heterocycles. The molecule has 0 aliphatic rings. The van der Waals surface area contributed by atoms with Crippen LogP contribution in [0.5, 0.6) is 0 Å². The Balaban J connectivity index is 2.20. The molecule has 0 saturated carbocycles. The summed E-state index contributed by atoms with van der Waals surface area (Å²) in [5, 5.41) is 2.56. The number of amides is 1. The first kappa shape index (κ1) is 20.5. The van der Waals surface area contributed by atoms with Crippen LogP contribution in [0.3, 0.4) is 0 Å². The standard InChI is InChI=1S/C18H21N3O5S/c1-12-7-8-19-16(9-12)20-17(22)11-21(3)27(24,25)15-10-14(18(23)26-4)6-5-13(15)2/h5-10H,11H2,1-4H3,(H,19,20,22). The van der Waals surface area contributed by atoms with E-state index in [-0.39, 0.29) is 10.5 Å². The number of anilines is 1. The van der Waals surface area contributed by atoms with E-state index < -0.39 is 28.4 Å². The molecule has 1 heterocycles. The number of hydrogen-bond donors (Lipinski definition) is 1. The average molecular weight is 391 g/mol. The SMILES string of the molecule is COC(=O)c1ccc(C)c(S(=O)(=O)N(C)CC(=O)Nc2cc(C)ccn2)c1. The molecule has 0 radical (unpaired) electrons. The summed E-state index contributed by atoms with van der Waals surface area (Å²) >= 11 is 0. The lowest BCUT2D eigenvalue weighted by molar-refractivity contribution is -0.116. The van der Waals surface area contributed by atoms with E-state index in [9.17, 15) is 18.0 Å². The van der Waals surface area contributed by atoms with Gasteiger partial charge in [-0.25, -0.2) is 18.2 Å². The summed E-state index contributed by atoms with van der Waals surface area (Å²) in [6, 6.07) is 7.70. The van der Waals surface area contributed by atoms with Gasteiger partial charge in [0, 0.05) is 13.2 Å². The van der Waals surface area contributed by atoms with E-state index in [1.54, 1.807) is 25.3 Å². The Morgan fingerprint density at radius 2 is 1.89 bits per heavy atom. The van der Waals surface area contributed by atoms with Gasteiger partial charge in [0.05, 0.1) is 24.1 Å². The van der Waals surface area contributed by atoms with Crippen molar-refractivity contribution in [2.45, 2.75) is 18.7 Å². The Kier molecular flexibility index (Phi) is 6.29. The largest absolute Gasteiger partial charge is 0.465 e. The summed E-state index contributed by atoms with van der Waals surface area (Å²) < 4.78 is 31.2. The topological polar surface area (TPSA) is 106 Å². The Morgan fingerprint density at radius 1 is 1.19 bits per heavy atom. The third kappa shape index (κ3) is 4.89. The van der Waals surface area contributed by atoms with Crippen LogP contribution in [0.4, 0.5) is 5.82 Å². The summed E-state index contributed by atoms with van der Waals surface area (Å²) in [6.07, 6.45) is 1.55. The molecule has 0 spiro atoms. The van der Waals surface area contributed by atoms with Gasteiger partial charge in [0.2, 0.25) is 15.9 Å². The number of carbonyl (C=O) groups is 2. The lowest BCUT2D eigenvalue weighted by atomic mass is 10.1. The van der Waals surface area contributed by atoms with Crippen LogP contribution >= 0.6 is 0 Å². The number of hydrogen-bond acceptors (Lipinski definition) is 6. The fourth-order valence-electron chi connectivity index (χ4n) is 2.36. The van der Waals surface area contributed by atoms with Gasteiger partial charge in [0.1, 0.15) is 5.82 Å². The highest BCUT2D eigenvalue weighted by Gasteiger charge is 2.26. The van der Waals surface area contributed by atoms with E-state index in [1.165, 1.54) is 32.4 Å². The number of pyridine rings is 1. The van der Waals surface area contributed by atoms with E-state index in [0.29, 0.717) is 11.4 Å². The van der Waals surface area contributed by atoms with Crippen LogP contribution in [-0.2, 0) is 19.6 Å². The molecular formula is C18H21N3O5S. The average Bonchev–Trinajstić information content (AvgIpc) is 2.61. The number of nitrogens with one attached hydrogen (secondary N) is 1. The maximum absolute atomic E-state index is 12.8. The number of rotatable bonds is 6. The number of methoxy groups -OCH3 is 1. The fraction of sp³-hybridized carbons (Fsp3) is 0.278. The molecule has 8 nitrogen and oxygen atoms in total. The second-order valence-electron chi connectivity index (χ2n) is 6.00. The Bertz CT molecular complexity index is 973. The number of nitrogens with zero attached hydrogens (tertiary/aromatic N) is 2. The molecule has 1 N–H and O–H groups in total. The Labute approximate surface area is 158 Å². The van der Waals surface area contributed by atoms with Crippen molar-refractivity contribution >= 4 is 27.7 Å². The first-order valence-electron chi connectivity index (χ1n) is 8.03. The van der Waals surface area contributed by atoms with Crippen molar-refractivity contribution in [2.75, 3.05) is 26.0 Å². The van der Waals surface area contributed by atoms with Gasteiger partial charge in [-0.15, -0.1) is 0 Å². The maximum atomic E-state index is 12.8. The monoisotopic (exact) mass is 391 g/mol. The summed E-state index contributed by atoms with van der Waals surface area (Å²) in [7, 11) is -1.48. The van der Waals surface area contributed by atoms with Crippen molar-refractivity contribution < 1.29 is 22.7 Å². The van der Waals surface area contributed by atoms with Gasteiger partial charge in [0.25, 0.3) is 0 Å². The number of likely N-dealkylation sites (N-methyl/N-ethyl adjacent to an activating group) is 1. The van der Waals surface area contributed by atoms with Gasteiger partial charge < -0.3 is 10.1 Å². The zero-order chi connectivity index (χ0) is 20.2. The van der Waals surface area contributed by atoms with Gasteiger partial charge in [-0.3, -0.25) is 4.79 Å². The van der Waals surface area contributed by atoms with Gasteiger partial charge in [0.15, 0.2) is 0 Å². The van der Waals surface area contributed by atoms with Gasteiger partial charge in [-0.2, -0.15) is 4.31 Å². The first-order chi connectivity index (χ1) is 12.6. The van der Waals surface area contributed by atoms with Crippen LogP contribution in [-0.4, -0.2) is 50.3 Å². The van der Waals surface area contributed by atoms with Crippen molar-refractivity contribution in [3.8, 4) is 0 Å². The van der Waals surface area contributed by atoms with Crippen LogP contribution in [0.2, 0.25) is 0 Å². The van der Waals surface area contributed by atoms with Crippen LogP contribution in [0.15, 0.2) is 41.4 Å². The number of ether oxygens (including phenoxy) is 1. The molecular weight excluding hydrogens is 370 g/mol. The Hall–Kier alpha value is -2.78. The van der Waals surface area contributed by atoms with Crippen LogP contribution < -0.4 is 5.32 Å². The van der Waals surface area contributed by atoms with Crippen molar-refractivity contribution in [1.29, 1.82) is 0 Å². The maximum Gasteiger partial charge on any atom is 0.337 e. The van der Waals surface area contributed by atoms with Gasteiger partial charge in [-0.1, -0.05) is 6.07 Å². The summed E-state index contributed by atoms with van der Waals surface area (Å²) in [6.45, 7) is 3.06. The van der Waals surface area contributed by atoms with Gasteiger partial charge in [-0.05, 0) is 49.2 Å². The number of sulfonamides is 1. The molecule has 0 unspecified atom stereocenters. The van der Waals surface area contributed by atoms with E-state index in [4.69, 9.17) is 0 Å².